The molecular formula is C12H20N3O+. The van der Waals surface area contributed by atoms with Gasteiger partial charge in [-0.2, -0.15) is 4.57 Å². The van der Waals surface area contributed by atoms with Crippen LogP contribution in [0.15, 0.2) is 24.5 Å². The van der Waals surface area contributed by atoms with E-state index < -0.39 is 0 Å². The third-order valence-electron chi connectivity index (χ3n) is 2.29. The molecule has 4 nitrogen and oxygen atoms in total. The lowest BCUT2D eigenvalue weighted by Gasteiger charge is -2.10. The van der Waals surface area contributed by atoms with Crippen LogP contribution in [0.2, 0.25) is 0 Å². The molecule has 0 saturated carbocycles. The summed E-state index contributed by atoms with van der Waals surface area (Å²) in [6.45, 7) is 3.17. The van der Waals surface area contributed by atoms with Crippen LogP contribution in [-0.2, 0) is 11.3 Å². The van der Waals surface area contributed by atoms with Crippen LogP contribution in [-0.4, -0.2) is 26.5 Å². The topological polar surface area (TPSA) is 36.2 Å². The van der Waals surface area contributed by atoms with Crippen LogP contribution in [0, 0.1) is 0 Å². The summed E-state index contributed by atoms with van der Waals surface area (Å²) in [4.78, 5) is 13.5. The Kier molecular flexibility index (Phi) is 4.76. The number of carbonyl (C=O) groups is 1. The van der Waals surface area contributed by atoms with Gasteiger partial charge in [0, 0.05) is 38.5 Å². The standard InChI is InChI=1S/C12H19N3O/c1-4-7-13-12(16)10-15-8-5-11(6-9-15)14(2)3/h5-6,8-9H,4,7,10H2,1-3H3/p+1. The lowest BCUT2D eigenvalue weighted by atomic mass is 10.3. The summed E-state index contributed by atoms with van der Waals surface area (Å²) in [7, 11) is 3.99. The van der Waals surface area contributed by atoms with Gasteiger partial charge in [0.1, 0.15) is 0 Å². The second kappa shape index (κ2) is 6.10. The summed E-state index contributed by atoms with van der Waals surface area (Å²) in [6.07, 6.45) is 4.80. The first kappa shape index (κ1) is 12.5. The van der Waals surface area contributed by atoms with Gasteiger partial charge in [-0.3, -0.25) is 4.79 Å². The van der Waals surface area contributed by atoms with Gasteiger partial charge in [-0.25, -0.2) is 0 Å². The van der Waals surface area contributed by atoms with E-state index in [9.17, 15) is 4.79 Å². The minimum absolute atomic E-state index is 0.0597. The first-order valence-electron chi connectivity index (χ1n) is 5.56. The summed E-state index contributed by atoms with van der Waals surface area (Å²) in [5, 5.41) is 2.85. The molecule has 88 valence electrons. The molecule has 0 radical (unpaired) electrons. The number of carbonyl (C=O) groups excluding carboxylic acids is 1. The number of rotatable bonds is 5. The molecule has 0 aliphatic heterocycles. The zero-order valence-corrected chi connectivity index (χ0v) is 10.2. The first-order chi connectivity index (χ1) is 7.63. The van der Waals surface area contributed by atoms with Gasteiger partial charge >= 0.3 is 0 Å². The highest BCUT2D eigenvalue weighted by Crippen LogP contribution is 2.05. The van der Waals surface area contributed by atoms with Crippen molar-refractivity contribution in [2.45, 2.75) is 19.9 Å². The molecule has 0 aromatic carbocycles. The number of anilines is 1. The fourth-order valence-electron chi connectivity index (χ4n) is 1.34. The monoisotopic (exact) mass is 222 g/mol. The first-order valence-corrected chi connectivity index (χ1v) is 5.56. The molecule has 1 N–H and O–H groups in total. The van der Waals surface area contributed by atoms with Crippen molar-refractivity contribution in [2.75, 3.05) is 25.5 Å². The van der Waals surface area contributed by atoms with Crippen molar-refractivity contribution in [3.63, 3.8) is 0 Å². The van der Waals surface area contributed by atoms with Gasteiger partial charge in [0.15, 0.2) is 12.4 Å². The van der Waals surface area contributed by atoms with Crippen molar-refractivity contribution >= 4 is 11.6 Å². The molecule has 0 atom stereocenters. The van der Waals surface area contributed by atoms with Crippen molar-refractivity contribution in [3.8, 4) is 0 Å². The fourth-order valence-corrected chi connectivity index (χ4v) is 1.34. The molecule has 1 heterocycles. The average Bonchev–Trinajstić information content (AvgIpc) is 2.27. The number of aromatic nitrogens is 1. The molecule has 1 aromatic heterocycles. The maximum atomic E-state index is 11.4. The number of hydrogen-bond acceptors (Lipinski definition) is 2. The van der Waals surface area contributed by atoms with E-state index >= 15 is 0 Å². The SMILES string of the molecule is CCCNC(=O)C[n+]1ccc(N(C)C)cc1. The minimum atomic E-state index is 0.0597. The zero-order chi connectivity index (χ0) is 12.0. The van der Waals surface area contributed by atoms with Gasteiger partial charge < -0.3 is 10.2 Å². The molecule has 1 amide bonds. The quantitative estimate of drug-likeness (QED) is 0.739. The number of hydrogen-bond donors (Lipinski definition) is 1. The van der Waals surface area contributed by atoms with E-state index in [0.29, 0.717) is 6.54 Å². The molecule has 4 heteroatoms. The molecule has 0 spiro atoms. The predicted octanol–water partition coefficient (Wildman–Crippen LogP) is 0.566. The summed E-state index contributed by atoms with van der Waals surface area (Å²) >= 11 is 0. The third kappa shape index (κ3) is 3.88. The van der Waals surface area contributed by atoms with Crippen LogP contribution in [0.25, 0.3) is 0 Å². The zero-order valence-electron chi connectivity index (χ0n) is 10.2. The van der Waals surface area contributed by atoms with Crippen molar-refractivity contribution < 1.29 is 9.36 Å². The van der Waals surface area contributed by atoms with Gasteiger partial charge in [0.25, 0.3) is 5.91 Å². The van der Waals surface area contributed by atoms with Crippen molar-refractivity contribution in [1.82, 2.24) is 5.32 Å². The molecule has 0 aliphatic carbocycles. The van der Waals surface area contributed by atoms with E-state index in [1.54, 1.807) is 0 Å². The maximum absolute atomic E-state index is 11.4. The van der Waals surface area contributed by atoms with Crippen LogP contribution >= 0.6 is 0 Å². The Bertz CT molecular complexity index is 333. The number of nitrogens with one attached hydrogen (secondary N) is 1. The Morgan fingerprint density at radius 2 is 2.00 bits per heavy atom. The Morgan fingerprint density at radius 1 is 1.38 bits per heavy atom. The molecule has 1 rings (SSSR count). The molecule has 16 heavy (non-hydrogen) atoms. The predicted molar refractivity (Wildman–Crippen MR) is 64.3 cm³/mol. The van der Waals surface area contributed by atoms with Gasteiger partial charge in [-0.15, -0.1) is 0 Å². The number of nitrogens with zero attached hydrogens (tertiary/aromatic N) is 2. The summed E-state index contributed by atoms with van der Waals surface area (Å²) in [6, 6.07) is 3.99. The van der Waals surface area contributed by atoms with Gasteiger partial charge in [0.2, 0.25) is 6.54 Å². The Labute approximate surface area is 96.9 Å². The van der Waals surface area contributed by atoms with E-state index in [4.69, 9.17) is 0 Å². The maximum Gasteiger partial charge on any atom is 0.285 e. The van der Waals surface area contributed by atoms with E-state index in [-0.39, 0.29) is 5.91 Å². The van der Waals surface area contributed by atoms with E-state index in [1.165, 1.54) is 0 Å². The highest BCUT2D eigenvalue weighted by atomic mass is 16.1. The Hall–Kier alpha value is -1.58. The second-order valence-corrected chi connectivity index (χ2v) is 3.97. The van der Waals surface area contributed by atoms with E-state index in [2.05, 4.69) is 5.32 Å². The average molecular weight is 222 g/mol. The van der Waals surface area contributed by atoms with E-state index in [0.717, 1.165) is 18.7 Å². The van der Waals surface area contributed by atoms with Gasteiger partial charge in [0.05, 0.1) is 0 Å². The Balaban J connectivity index is 2.51. The van der Waals surface area contributed by atoms with Crippen LogP contribution in [0.5, 0.6) is 0 Å². The fraction of sp³-hybridized carbons (Fsp3) is 0.500. The largest absolute Gasteiger partial charge is 0.377 e. The van der Waals surface area contributed by atoms with Crippen LogP contribution < -0.4 is 14.8 Å². The van der Waals surface area contributed by atoms with Crippen LogP contribution in [0.4, 0.5) is 5.69 Å². The highest BCUT2D eigenvalue weighted by Gasteiger charge is 2.08. The minimum Gasteiger partial charge on any atom is -0.377 e. The number of pyridine rings is 1. The normalized spacial score (nSPS) is 9.94. The molecular weight excluding hydrogens is 202 g/mol. The molecule has 0 saturated heterocycles. The van der Waals surface area contributed by atoms with Crippen molar-refractivity contribution in [3.05, 3.63) is 24.5 Å². The van der Waals surface area contributed by atoms with E-state index in [1.807, 2.05) is 55.0 Å². The van der Waals surface area contributed by atoms with Gasteiger partial charge in [-0.05, 0) is 6.42 Å². The molecule has 0 bridgehead atoms. The van der Waals surface area contributed by atoms with Crippen LogP contribution in [0.3, 0.4) is 0 Å². The second-order valence-electron chi connectivity index (χ2n) is 3.97. The lowest BCUT2D eigenvalue weighted by molar-refractivity contribution is -0.684. The van der Waals surface area contributed by atoms with Crippen molar-refractivity contribution in [1.29, 1.82) is 0 Å². The highest BCUT2D eigenvalue weighted by molar-refractivity contribution is 5.74. The molecule has 0 aliphatic rings. The molecule has 0 unspecified atom stereocenters. The van der Waals surface area contributed by atoms with Gasteiger partial charge in [-0.1, -0.05) is 6.92 Å². The number of amides is 1. The molecule has 1 aromatic rings. The van der Waals surface area contributed by atoms with Crippen LogP contribution in [0.1, 0.15) is 13.3 Å². The third-order valence-corrected chi connectivity index (χ3v) is 2.29. The molecule has 0 fully saturated rings. The lowest BCUT2D eigenvalue weighted by Crippen LogP contribution is -2.42. The summed E-state index contributed by atoms with van der Waals surface area (Å²) < 4.78 is 1.87. The summed E-state index contributed by atoms with van der Waals surface area (Å²) in [5.74, 6) is 0.0597. The summed E-state index contributed by atoms with van der Waals surface area (Å²) in [5.41, 5.74) is 1.13. The smallest absolute Gasteiger partial charge is 0.285 e. The Morgan fingerprint density at radius 3 is 2.50 bits per heavy atom. The van der Waals surface area contributed by atoms with Crippen molar-refractivity contribution in [2.24, 2.45) is 0 Å².